The number of nitrogens with zero attached hydrogens (tertiary/aromatic N) is 2. The van der Waals surface area contributed by atoms with Crippen LogP contribution in [0.2, 0.25) is 0 Å². The number of pyridine rings is 1. The number of hydrogen-bond donors (Lipinski definition) is 2. The van der Waals surface area contributed by atoms with Crippen LogP contribution in [0.25, 0.3) is 11.3 Å². The molecule has 1 aliphatic carbocycles. The number of carbonyl (C=O) groups excluding carboxylic acids is 2. The Morgan fingerprint density at radius 1 is 1.19 bits per heavy atom. The van der Waals surface area contributed by atoms with Crippen LogP contribution in [-0.4, -0.2) is 21.8 Å². The van der Waals surface area contributed by atoms with Gasteiger partial charge in [-0.2, -0.15) is 0 Å². The van der Waals surface area contributed by atoms with Crippen LogP contribution in [-0.2, 0) is 4.79 Å². The fourth-order valence-electron chi connectivity index (χ4n) is 2.81. The van der Waals surface area contributed by atoms with E-state index in [1.54, 1.807) is 36.7 Å². The van der Waals surface area contributed by atoms with E-state index in [2.05, 4.69) is 27.5 Å². The van der Waals surface area contributed by atoms with Gasteiger partial charge in [0, 0.05) is 40.5 Å². The van der Waals surface area contributed by atoms with Crippen LogP contribution < -0.4 is 10.6 Å². The summed E-state index contributed by atoms with van der Waals surface area (Å²) >= 11 is 1.35. The zero-order chi connectivity index (χ0) is 18.8. The van der Waals surface area contributed by atoms with Crippen LogP contribution in [0.4, 0.5) is 10.8 Å². The Labute approximate surface area is 160 Å². The van der Waals surface area contributed by atoms with Crippen molar-refractivity contribution in [3.8, 4) is 11.3 Å². The summed E-state index contributed by atoms with van der Waals surface area (Å²) in [4.78, 5) is 33.1. The van der Waals surface area contributed by atoms with Gasteiger partial charge in [0.05, 0.1) is 5.69 Å². The number of anilines is 2. The smallest absolute Gasteiger partial charge is 0.257 e. The Balaban J connectivity index is 1.43. The lowest BCUT2D eigenvalue weighted by molar-refractivity contribution is -0.117. The lowest BCUT2D eigenvalue weighted by Crippen LogP contribution is -2.16. The fourth-order valence-corrected chi connectivity index (χ4v) is 3.52. The Morgan fingerprint density at radius 2 is 2.04 bits per heavy atom. The van der Waals surface area contributed by atoms with Gasteiger partial charge < -0.3 is 5.32 Å². The van der Waals surface area contributed by atoms with Gasteiger partial charge in [-0.3, -0.25) is 19.9 Å². The average Bonchev–Trinajstić information content (AvgIpc) is 3.24. The highest BCUT2D eigenvalue weighted by Crippen LogP contribution is 2.38. The van der Waals surface area contributed by atoms with Gasteiger partial charge in [-0.05, 0) is 42.7 Å². The number of carbonyl (C=O) groups is 2. The van der Waals surface area contributed by atoms with E-state index in [9.17, 15) is 9.59 Å². The van der Waals surface area contributed by atoms with E-state index in [4.69, 9.17) is 0 Å². The minimum atomic E-state index is -0.266. The molecule has 1 fully saturated rings. The molecule has 1 saturated carbocycles. The lowest BCUT2D eigenvalue weighted by Gasteiger charge is -2.07. The molecular formula is C20H18N4O2S. The van der Waals surface area contributed by atoms with E-state index in [1.807, 2.05) is 17.5 Å². The van der Waals surface area contributed by atoms with Crippen molar-refractivity contribution in [3.63, 3.8) is 0 Å². The van der Waals surface area contributed by atoms with Crippen LogP contribution in [0.5, 0.6) is 0 Å². The molecule has 0 bridgehead atoms. The molecule has 2 N–H and O–H groups in total. The Hall–Kier alpha value is -3.06. The summed E-state index contributed by atoms with van der Waals surface area (Å²) in [5, 5.41) is 8.08. The Morgan fingerprint density at radius 3 is 2.78 bits per heavy atom. The van der Waals surface area contributed by atoms with Crippen LogP contribution in [0.1, 0.15) is 23.7 Å². The maximum absolute atomic E-state index is 12.5. The fraction of sp³-hybridized carbons (Fsp3) is 0.200. The highest BCUT2D eigenvalue weighted by molar-refractivity contribution is 7.14. The minimum Gasteiger partial charge on any atom is -0.326 e. The SMILES string of the molecule is C[C@@H]1C[C@@H]1C(=O)Nc1cccc(C(=O)Nc2nc(-c3cccnc3)cs2)c1. The maximum Gasteiger partial charge on any atom is 0.257 e. The van der Waals surface area contributed by atoms with Crippen LogP contribution in [0.3, 0.4) is 0 Å². The molecule has 6 nitrogen and oxygen atoms in total. The third kappa shape index (κ3) is 4.03. The quantitative estimate of drug-likeness (QED) is 0.701. The van der Waals surface area contributed by atoms with Crippen LogP contribution in [0.15, 0.2) is 54.2 Å². The molecule has 0 aliphatic heterocycles. The molecule has 3 aromatic rings. The van der Waals surface area contributed by atoms with E-state index >= 15 is 0 Å². The summed E-state index contributed by atoms with van der Waals surface area (Å²) in [6.07, 6.45) is 4.36. The van der Waals surface area contributed by atoms with Gasteiger partial charge in [0.25, 0.3) is 5.91 Å². The lowest BCUT2D eigenvalue weighted by atomic mass is 10.2. The molecule has 136 valence electrons. The van der Waals surface area contributed by atoms with Crippen molar-refractivity contribution in [1.82, 2.24) is 9.97 Å². The second kappa shape index (κ2) is 7.28. The van der Waals surface area contributed by atoms with Gasteiger partial charge in [-0.1, -0.05) is 13.0 Å². The summed E-state index contributed by atoms with van der Waals surface area (Å²) in [6, 6.07) is 10.7. The van der Waals surface area contributed by atoms with Crippen molar-refractivity contribution in [2.24, 2.45) is 11.8 Å². The number of amides is 2. The van der Waals surface area contributed by atoms with Crippen molar-refractivity contribution in [1.29, 1.82) is 0 Å². The number of hydrogen-bond acceptors (Lipinski definition) is 5. The van der Waals surface area contributed by atoms with E-state index < -0.39 is 0 Å². The molecule has 1 aliphatic rings. The zero-order valence-electron chi connectivity index (χ0n) is 14.7. The Kier molecular flexibility index (Phi) is 4.68. The number of aromatic nitrogens is 2. The van der Waals surface area contributed by atoms with E-state index in [1.165, 1.54) is 11.3 Å². The first-order valence-electron chi connectivity index (χ1n) is 8.68. The molecule has 27 heavy (non-hydrogen) atoms. The van der Waals surface area contributed by atoms with Crippen molar-refractivity contribution in [3.05, 3.63) is 59.7 Å². The second-order valence-corrected chi connectivity index (χ2v) is 7.48. The number of nitrogens with one attached hydrogen (secondary N) is 2. The van der Waals surface area contributed by atoms with Gasteiger partial charge in [0.2, 0.25) is 5.91 Å². The molecule has 0 saturated heterocycles. The van der Waals surface area contributed by atoms with Gasteiger partial charge in [-0.15, -0.1) is 11.3 Å². The van der Waals surface area contributed by atoms with E-state index in [-0.39, 0.29) is 17.7 Å². The molecule has 1 aromatic carbocycles. The number of benzene rings is 1. The molecule has 2 heterocycles. The topological polar surface area (TPSA) is 84.0 Å². The monoisotopic (exact) mass is 378 g/mol. The second-order valence-electron chi connectivity index (χ2n) is 6.62. The first-order chi connectivity index (χ1) is 13.1. The molecule has 2 aromatic heterocycles. The van der Waals surface area contributed by atoms with Gasteiger partial charge in [-0.25, -0.2) is 4.98 Å². The maximum atomic E-state index is 12.5. The third-order valence-electron chi connectivity index (χ3n) is 4.52. The van der Waals surface area contributed by atoms with Crippen molar-refractivity contribution >= 4 is 34.0 Å². The van der Waals surface area contributed by atoms with E-state index in [0.717, 1.165) is 17.7 Å². The first-order valence-corrected chi connectivity index (χ1v) is 9.56. The van der Waals surface area contributed by atoms with Crippen molar-refractivity contribution < 1.29 is 9.59 Å². The summed E-state index contributed by atoms with van der Waals surface area (Å²) in [5.41, 5.74) is 2.76. The molecular weight excluding hydrogens is 360 g/mol. The summed E-state index contributed by atoms with van der Waals surface area (Å²) in [6.45, 7) is 2.06. The summed E-state index contributed by atoms with van der Waals surface area (Å²) < 4.78 is 0. The summed E-state index contributed by atoms with van der Waals surface area (Å²) in [5.74, 6) is 0.276. The molecule has 2 atom stereocenters. The van der Waals surface area contributed by atoms with Gasteiger partial charge in [0.15, 0.2) is 5.13 Å². The van der Waals surface area contributed by atoms with Gasteiger partial charge in [0.1, 0.15) is 0 Å². The van der Waals surface area contributed by atoms with Crippen LogP contribution in [0, 0.1) is 11.8 Å². The van der Waals surface area contributed by atoms with Crippen LogP contribution >= 0.6 is 11.3 Å². The van der Waals surface area contributed by atoms with Crippen molar-refractivity contribution in [2.75, 3.05) is 10.6 Å². The number of thiazole rings is 1. The highest BCUT2D eigenvalue weighted by Gasteiger charge is 2.39. The van der Waals surface area contributed by atoms with Gasteiger partial charge >= 0.3 is 0 Å². The first kappa shape index (κ1) is 17.4. The molecule has 0 spiro atoms. The van der Waals surface area contributed by atoms with Crippen molar-refractivity contribution in [2.45, 2.75) is 13.3 Å². The zero-order valence-corrected chi connectivity index (χ0v) is 15.5. The molecule has 2 amide bonds. The number of rotatable bonds is 5. The normalized spacial score (nSPS) is 18.0. The summed E-state index contributed by atoms with van der Waals surface area (Å²) in [7, 11) is 0. The standard InChI is InChI=1S/C20H18N4O2S/c1-12-8-16(12)19(26)22-15-6-2-4-13(9-15)18(25)24-20-23-17(11-27-20)14-5-3-7-21-10-14/h2-7,9-12,16H,8H2,1H3,(H,22,26)(H,23,24,25)/t12-,16+/m1/s1. The predicted molar refractivity (Wildman–Crippen MR) is 106 cm³/mol. The Bertz CT molecular complexity index is 986. The molecule has 0 radical (unpaired) electrons. The van der Waals surface area contributed by atoms with E-state index in [0.29, 0.717) is 22.3 Å². The minimum absolute atomic E-state index is 0.0149. The predicted octanol–water partition coefficient (Wildman–Crippen LogP) is 4.05. The highest BCUT2D eigenvalue weighted by atomic mass is 32.1. The third-order valence-corrected chi connectivity index (χ3v) is 5.28. The average molecular weight is 378 g/mol. The largest absolute Gasteiger partial charge is 0.326 e. The molecule has 0 unspecified atom stereocenters. The molecule has 7 heteroatoms. The molecule has 4 rings (SSSR count).